The van der Waals surface area contributed by atoms with Crippen molar-refractivity contribution >= 4 is 38.9 Å². The zero-order valence-electron chi connectivity index (χ0n) is 17.5. The Morgan fingerprint density at radius 1 is 1.00 bits per heavy atom. The third-order valence-electron chi connectivity index (χ3n) is 5.34. The van der Waals surface area contributed by atoms with Crippen molar-refractivity contribution in [3.63, 3.8) is 0 Å². The second kappa shape index (κ2) is 8.02. The Morgan fingerprint density at radius 3 is 2.29 bits per heavy atom. The van der Waals surface area contributed by atoms with Gasteiger partial charge in [0, 0.05) is 22.3 Å². The van der Waals surface area contributed by atoms with Crippen molar-refractivity contribution in [1.29, 1.82) is 0 Å². The summed E-state index contributed by atoms with van der Waals surface area (Å²) in [7, 11) is -3.74. The molecule has 0 saturated heterocycles. The summed E-state index contributed by atoms with van der Waals surface area (Å²) >= 11 is 5.91. The van der Waals surface area contributed by atoms with Crippen molar-refractivity contribution in [2.75, 3.05) is 9.62 Å². The van der Waals surface area contributed by atoms with E-state index in [1.165, 1.54) is 16.4 Å². The number of aryl methyl sites for hydroxylation is 2. The van der Waals surface area contributed by atoms with E-state index in [2.05, 4.69) is 5.32 Å². The number of carbonyl (C=O) groups excluding carboxylic acids is 1. The molecule has 5 nitrogen and oxygen atoms in total. The molecule has 0 unspecified atom stereocenters. The number of rotatable bonds is 4. The van der Waals surface area contributed by atoms with E-state index >= 15 is 0 Å². The molecule has 1 heterocycles. The summed E-state index contributed by atoms with van der Waals surface area (Å²) in [5.41, 5.74) is 4.81. The van der Waals surface area contributed by atoms with Gasteiger partial charge in [0.05, 0.1) is 10.6 Å². The van der Waals surface area contributed by atoms with Crippen LogP contribution >= 0.6 is 11.6 Å². The van der Waals surface area contributed by atoms with E-state index in [1.54, 1.807) is 30.3 Å². The van der Waals surface area contributed by atoms with Crippen LogP contribution in [0.15, 0.2) is 65.6 Å². The molecule has 0 radical (unpaired) electrons. The lowest BCUT2D eigenvalue weighted by Gasteiger charge is -2.24. The third kappa shape index (κ3) is 4.18. The molecule has 3 aromatic carbocycles. The van der Waals surface area contributed by atoms with Gasteiger partial charge in [-0.1, -0.05) is 17.7 Å². The van der Waals surface area contributed by atoms with Gasteiger partial charge in [0.15, 0.2) is 0 Å². The van der Waals surface area contributed by atoms with E-state index in [0.29, 0.717) is 22.7 Å². The number of fused-ring (bicyclic) bond motifs is 1. The first-order valence-corrected chi connectivity index (χ1v) is 11.8. The number of nitrogens with zero attached hydrogens (tertiary/aromatic N) is 1. The Morgan fingerprint density at radius 2 is 1.65 bits per heavy atom. The average Bonchev–Trinajstić information content (AvgIpc) is 3.03. The van der Waals surface area contributed by atoms with Crippen molar-refractivity contribution < 1.29 is 13.2 Å². The fourth-order valence-corrected chi connectivity index (χ4v) is 5.90. The molecule has 31 heavy (non-hydrogen) atoms. The molecule has 0 aliphatic carbocycles. The largest absolute Gasteiger partial charge is 0.322 e. The molecule has 1 aliphatic heterocycles. The molecule has 0 aromatic heterocycles. The summed E-state index contributed by atoms with van der Waals surface area (Å²) in [4.78, 5) is 13.0. The molecule has 160 valence electrons. The number of halogens is 1. The number of benzene rings is 3. The normalized spacial score (nSPS) is 15.6. The fourth-order valence-electron chi connectivity index (χ4n) is 4.08. The maximum atomic E-state index is 13.2. The third-order valence-corrected chi connectivity index (χ3v) is 7.54. The van der Waals surface area contributed by atoms with Gasteiger partial charge in [-0.05, 0) is 98.5 Å². The molecule has 0 spiro atoms. The highest BCUT2D eigenvalue weighted by Gasteiger charge is 2.36. The van der Waals surface area contributed by atoms with Crippen LogP contribution in [0.25, 0.3) is 0 Å². The molecule has 1 N–H and O–H groups in total. The summed E-state index contributed by atoms with van der Waals surface area (Å²) in [5, 5.41) is 3.41. The van der Waals surface area contributed by atoms with Gasteiger partial charge < -0.3 is 5.32 Å². The van der Waals surface area contributed by atoms with Crippen LogP contribution in [0.1, 0.15) is 34.0 Å². The zero-order valence-corrected chi connectivity index (χ0v) is 19.1. The van der Waals surface area contributed by atoms with Crippen molar-refractivity contribution in [3.8, 4) is 0 Å². The number of hydrogen-bond donors (Lipinski definition) is 1. The second-order valence-electron chi connectivity index (χ2n) is 7.98. The molecule has 3 aromatic rings. The summed E-state index contributed by atoms with van der Waals surface area (Å²) in [6, 6.07) is 16.9. The number of anilines is 2. The van der Waals surface area contributed by atoms with Gasteiger partial charge >= 0.3 is 0 Å². The zero-order chi connectivity index (χ0) is 22.3. The minimum absolute atomic E-state index is 0.188. The summed E-state index contributed by atoms with van der Waals surface area (Å²) in [6.45, 7) is 5.83. The van der Waals surface area contributed by atoms with E-state index in [1.807, 2.05) is 39.0 Å². The van der Waals surface area contributed by atoms with E-state index in [4.69, 9.17) is 11.6 Å². The van der Waals surface area contributed by atoms with Crippen LogP contribution in [0.4, 0.5) is 11.4 Å². The van der Waals surface area contributed by atoms with Crippen LogP contribution in [0.3, 0.4) is 0 Å². The SMILES string of the molecule is Cc1cc(C)cc(NC(=O)c2ccc3c(c2)C[C@@H](C)N3S(=O)(=O)c2ccc(Cl)cc2)c1. The lowest BCUT2D eigenvalue weighted by molar-refractivity contribution is 0.102. The number of nitrogens with one attached hydrogen (secondary N) is 1. The smallest absolute Gasteiger partial charge is 0.264 e. The molecule has 1 aliphatic rings. The van der Waals surface area contributed by atoms with Crippen molar-refractivity contribution in [2.45, 2.75) is 38.1 Å². The number of carbonyl (C=O) groups is 1. The minimum Gasteiger partial charge on any atom is -0.322 e. The Hall–Kier alpha value is -2.83. The van der Waals surface area contributed by atoms with E-state index in [0.717, 1.165) is 22.4 Å². The maximum Gasteiger partial charge on any atom is 0.264 e. The van der Waals surface area contributed by atoms with Crippen LogP contribution < -0.4 is 9.62 Å². The van der Waals surface area contributed by atoms with E-state index < -0.39 is 10.0 Å². The van der Waals surface area contributed by atoms with Crippen LogP contribution in [0, 0.1) is 13.8 Å². The molecule has 1 amide bonds. The molecule has 4 rings (SSSR count). The van der Waals surface area contributed by atoms with Gasteiger partial charge in [-0.3, -0.25) is 9.10 Å². The van der Waals surface area contributed by atoms with Gasteiger partial charge in [-0.15, -0.1) is 0 Å². The molecule has 7 heteroatoms. The van der Waals surface area contributed by atoms with Gasteiger partial charge in [-0.2, -0.15) is 0 Å². The Labute approximate surface area is 187 Å². The molecule has 0 bridgehead atoms. The van der Waals surface area contributed by atoms with Crippen molar-refractivity contribution in [1.82, 2.24) is 0 Å². The Balaban J connectivity index is 1.63. The highest BCUT2D eigenvalue weighted by molar-refractivity contribution is 7.92. The first-order chi connectivity index (χ1) is 14.6. The van der Waals surface area contributed by atoms with E-state index in [9.17, 15) is 13.2 Å². The molecular formula is C24H23ClN2O3S. The highest BCUT2D eigenvalue weighted by atomic mass is 35.5. The summed E-state index contributed by atoms with van der Waals surface area (Å²) in [6.07, 6.45) is 0.535. The van der Waals surface area contributed by atoms with Crippen LogP contribution in [0.5, 0.6) is 0 Å². The fraction of sp³-hybridized carbons (Fsp3) is 0.208. The molecular weight excluding hydrogens is 432 g/mol. The van der Waals surface area contributed by atoms with Gasteiger partial charge in [0.1, 0.15) is 0 Å². The second-order valence-corrected chi connectivity index (χ2v) is 10.2. The first kappa shape index (κ1) is 21.4. The van der Waals surface area contributed by atoms with Gasteiger partial charge in [-0.25, -0.2) is 8.42 Å². The molecule has 0 fully saturated rings. The van der Waals surface area contributed by atoms with E-state index in [-0.39, 0.29) is 16.8 Å². The summed E-state index contributed by atoms with van der Waals surface area (Å²) in [5.74, 6) is -0.223. The van der Waals surface area contributed by atoms with Crippen LogP contribution in [-0.2, 0) is 16.4 Å². The number of hydrogen-bond acceptors (Lipinski definition) is 3. The first-order valence-electron chi connectivity index (χ1n) is 9.98. The maximum absolute atomic E-state index is 13.2. The van der Waals surface area contributed by atoms with Crippen molar-refractivity contribution in [2.24, 2.45) is 0 Å². The predicted octanol–water partition coefficient (Wildman–Crippen LogP) is 5.35. The van der Waals surface area contributed by atoms with Crippen molar-refractivity contribution in [3.05, 3.63) is 87.9 Å². The molecule has 1 atom stereocenters. The molecule has 0 saturated carbocycles. The average molecular weight is 455 g/mol. The lowest BCUT2D eigenvalue weighted by Crippen LogP contribution is -2.35. The standard InChI is InChI=1S/C24H23ClN2O3S/c1-15-10-16(2)12-21(11-15)26-24(28)18-4-9-23-19(14-18)13-17(3)27(23)31(29,30)22-7-5-20(25)6-8-22/h4-12,14,17H,13H2,1-3H3,(H,26,28)/t17-/m1/s1. The minimum atomic E-state index is -3.74. The highest BCUT2D eigenvalue weighted by Crippen LogP contribution is 2.37. The van der Waals surface area contributed by atoms with Gasteiger partial charge in [0.2, 0.25) is 0 Å². The van der Waals surface area contributed by atoms with Crippen LogP contribution in [-0.4, -0.2) is 20.4 Å². The summed E-state index contributed by atoms with van der Waals surface area (Å²) < 4.78 is 27.9. The topological polar surface area (TPSA) is 66.5 Å². The quantitative estimate of drug-likeness (QED) is 0.577. The Bertz CT molecular complexity index is 1250. The number of sulfonamides is 1. The monoisotopic (exact) mass is 454 g/mol. The number of amides is 1. The predicted molar refractivity (Wildman–Crippen MR) is 125 cm³/mol. The van der Waals surface area contributed by atoms with Gasteiger partial charge in [0.25, 0.3) is 15.9 Å². The Kier molecular flexibility index (Phi) is 5.54. The lowest BCUT2D eigenvalue weighted by atomic mass is 10.1. The van der Waals surface area contributed by atoms with Crippen LogP contribution in [0.2, 0.25) is 5.02 Å².